The molecule has 3 heteroatoms. The molecule has 0 saturated carbocycles. The summed E-state index contributed by atoms with van der Waals surface area (Å²) >= 11 is 0. The average molecular weight is 206 g/mol. The van der Waals surface area contributed by atoms with Crippen LogP contribution < -0.4 is 4.90 Å². The molecule has 0 atom stereocenters. The summed E-state index contributed by atoms with van der Waals surface area (Å²) in [6.45, 7) is 4.59. The fourth-order valence-electron chi connectivity index (χ4n) is 1.93. The van der Waals surface area contributed by atoms with Gasteiger partial charge in [-0.3, -0.25) is 0 Å². The lowest BCUT2D eigenvalue weighted by molar-refractivity contribution is 0.281. The van der Waals surface area contributed by atoms with Crippen molar-refractivity contribution in [1.29, 1.82) is 0 Å². The third-order valence-corrected chi connectivity index (χ3v) is 3.10. The lowest BCUT2D eigenvalue weighted by Gasteiger charge is -2.31. The van der Waals surface area contributed by atoms with Crippen LogP contribution in [0.1, 0.15) is 25.3 Å². The highest BCUT2D eigenvalue weighted by Crippen LogP contribution is 2.21. The Morgan fingerprint density at radius 2 is 2.13 bits per heavy atom. The van der Waals surface area contributed by atoms with Crippen LogP contribution in [-0.2, 0) is 6.61 Å². The summed E-state index contributed by atoms with van der Waals surface area (Å²) in [6, 6.07) is 3.95. The van der Waals surface area contributed by atoms with Crippen molar-refractivity contribution in [3.63, 3.8) is 0 Å². The number of aliphatic hydroxyl groups is 1. The van der Waals surface area contributed by atoms with Crippen molar-refractivity contribution in [2.24, 2.45) is 5.92 Å². The molecule has 15 heavy (non-hydrogen) atoms. The number of aliphatic hydroxyl groups excluding tert-OH is 1. The summed E-state index contributed by atoms with van der Waals surface area (Å²) < 4.78 is 0. The number of pyridine rings is 1. The van der Waals surface area contributed by atoms with E-state index in [1.165, 1.54) is 12.8 Å². The third-order valence-electron chi connectivity index (χ3n) is 3.10. The maximum atomic E-state index is 8.92. The smallest absolute Gasteiger partial charge is 0.128 e. The zero-order chi connectivity index (χ0) is 10.7. The molecule has 1 aromatic rings. The Bertz CT molecular complexity index is 302. The Kier molecular flexibility index (Phi) is 3.21. The van der Waals surface area contributed by atoms with Gasteiger partial charge in [0.05, 0.1) is 6.61 Å². The van der Waals surface area contributed by atoms with Crippen molar-refractivity contribution in [3.8, 4) is 0 Å². The molecule has 1 N–H and O–H groups in total. The normalized spacial score (nSPS) is 18.1. The van der Waals surface area contributed by atoms with Gasteiger partial charge in [0.2, 0.25) is 0 Å². The van der Waals surface area contributed by atoms with E-state index in [0.717, 1.165) is 30.4 Å². The Balaban J connectivity index is 2.03. The number of hydrogen-bond acceptors (Lipinski definition) is 3. The van der Waals surface area contributed by atoms with Crippen LogP contribution in [0.4, 0.5) is 5.82 Å². The second kappa shape index (κ2) is 4.62. The quantitative estimate of drug-likeness (QED) is 0.801. The average Bonchev–Trinajstić information content (AvgIpc) is 2.30. The predicted molar refractivity (Wildman–Crippen MR) is 60.8 cm³/mol. The monoisotopic (exact) mass is 206 g/mol. The summed E-state index contributed by atoms with van der Waals surface area (Å²) in [4.78, 5) is 6.68. The van der Waals surface area contributed by atoms with Crippen LogP contribution in [0.15, 0.2) is 18.3 Å². The minimum Gasteiger partial charge on any atom is -0.392 e. The first-order chi connectivity index (χ1) is 7.29. The van der Waals surface area contributed by atoms with E-state index >= 15 is 0 Å². The highest BCUT2D eigenvalue weighted by Gasteiger charge is 2.16. The van der Waals surface area contributed by atoms with Gasteiger partial charge < -0.3 is 10.0 Å². The van der Waals surface area contributed by atoms with Crippen LogP contribution >= 0.6 is 0 Å². The lowest BCUT2D eigenvalue weighted by atomic mass is 9.99. The molecule has 0 aliphatic carbocycles. The van der Waals surface area contributed by atoms with E-state index in [9.17, 15) is 0 Å². The fourth-order valence-corrected chi connectivity index (χ4v) is 1.93. The van der Waals surface area contributed by atoms with Crippen molar-refractivity contribution in [3.05, 3.63) is 23.9 Å². The van der Waals surface area contributed by atoms with Gasteiger partial charge in [-0.15, -0.1) is 0 Å². The molecule has 1 aromatic heterocycles. The molecule has 82 valence electrons. The first kappa shape index (κ1) is 10.4. The Morgan fingerprint density at radius 3 is 2.67 bits per heavy atom. The fraction of sp³-hybridized carbons (Fsp3) is 0.583. The number of anilines is 1. The summed E-state index contributed by atoms with van der Waals surface area (Å²) in [5.74, 6) is 1.89. The molecule has 0 amide bonds. The van der Waals surface area contributed by atoms with Crippen LogP contribution in [0.25, 0.3) is 0 Å². The van der Waals surface area contributed by atoms with E-state index in [4.69, 9.17) is 5.11 Å². The highest BCUT2D eigenvalue weighted by atomic mass is 16.3. The summed E-state index contributed by atoms with van der Waals surface area (Å²) in [5, 5.41) is 8.92. The van der Waals surface area contributed by atoms with Crippen molar-refractivity contribution >= 4 is 5.82 Å². The molecular formula is C12H18N2O. The summed E-state index contributed by atoms with van der Waals surface area (Å²) in [6.07, 6.45) is 4.26. The Hall–Kier alpha value is -1.09. The molecule has 1 aliphatic heterocycles. The first-order valence-electron chi connectivity index (χ1n) is 5.60. The van der Waals surface area contributed by atoms with Crippen LogP contribution in [0.3, 0.4) is 0 Å². The number of piperidine rings is 1. The van der Waals surface area contributed by atoms with Crippen LogP contribution in [0, 0.1) is 5.92 Å². The molecule has 0 aromatic carbocycles. The van der Waals surface area contributed by atoms with Gasteiger partial charge in [0.25, 0.3) is 0 Å². The van der Waals surface area contributed by atoms with E-state index in [0.29, 0.717) is 0 Å². The molecular weight excluding hydrogens is 188 g/mol. The molecule has 0 bridgehead atoms. The van der Waals surface area contributed by atoms with Crippen molar-refractivity contribution in [2.75, 3.05) is 18.0 Å². The van der Waals surface area contributed by atoms with Crippen LogP contribution in [-0.4, -0.2) is 23.2 Å². The minimum absolute atomic E-state index is 0.0737. The van der Waals surface area contributed by atoms with E-state index in [1.807, 2.05) is 12.1 Å². The molecule has 1 saturated heterocycles. The van der Waals surface area contributed by atoms with E-state index < -0.39 is 0 Å². The van der Waals surface area contributed by atoms with E-state index in [-0.39, 0.29) is 6.61 Å². The Labute approximate surface area is 90.8 Å². The summed E-state index contributed by atoms with van der Waals surface area (Å²) in [7, 11) is 0. The second-order valence-electron chi connectivity index (χ2n) is 4.35. The van der Waals surface area contributed by atoms with Gasteiger partial charge in [0.1, 0.15) is 5.82 Å². The SMILES string of the molecule is CC1CCN(c2ccc(CO)cn2)CC1. The van der Waals surface area contributed by atoms with Crippen LogP contribution in [0.5, 0.6) is 0 Å². The van der Waals surface area contributed by atoms with Crippen molar-refractivity contribution in [2.45, 2.75) is 26.4 Å². The van der Waals surface area contributed by atoms with Crippen LogP contribution in [0.2, 0.25) is 0 Å². The van der Waals surface area contributed by atoms with Gasteiger partial charge >= 0.3 is 0 Å². The lowest BCUT2D eigenvalue weighted by Crippen LogP contribution is -2.33. The van der Waals surface area contributed by atoms with Gasteiger partial charge in [-0.2, -0.15) is 0 Å². The topological polar surface area (TPSA) is 36.4 Å². The molecule has 2 heterocycles. The van der Waals surface area contributed by atoms with Crippen molar-refractivity contribution < 1.29 is 5.11 Å². The van der Waals surface area contributed by atoms with Crippen molar-refractivity contribution in [1.82, 2.24) is 4.98 Å². The van der Waals surface area contributed by atoms with Gasteiger partial charge in [0, 0.05) is 19.3 Å². The Morgan fingerprint density at radius 1 is 1.40 bits per heavy atom. The zero-order valence-electron chi connectivity index (χ0n) is 9.19. The molecule has 2 rings (SSSR count). The molecule has 1 aliphatic rings. The standard InChI is InChI=1S/C12H18N2O/c1-10-4-6-14(7-5-10)12-3-2-11(9-15)8-13-12/h2-3,8,10,15H,4-7,9H2,1H3. The van der Waals surface area contributed by atoms with Gasteiger partial charge in [0.15, 0.2) is 0 Å². The van der Waals surface area contributed by atoms with E-state index in [1.54, 1.807) is 6.20 Å². The third kappa shape index (κ3) is 2.48. The maximum absolute atomic E-state index is 8.92. The largest absolute Gasteiger partial charge is 0.392 e. The zero-order valence-corrected chi connectivity index (χ0v) is 9.19. The molecule has 1 fully saturated rings. The first-order valence-corrected chi connectivity index (χ1v) is 5.60. The number of rotatable bonds is 2. The van der Waals surface area contributed by atoms with Gasteiger partial charge in [-0.1, -0.05) is 13.0 Å². The number of hydrogen-bond donors (Lipinski definition) is 1. The second-order valence-corrected chi connectivity index (χ2v) is 4.35. The number of nitrogens with zero attached hydrogens (tertiary/aromatic N) is 2. The molecule has 0 radical (unpaired) electrons. The van der Waals surface area contributed by atoms with Gasteiger partial charge in [-0.25, -0.2) is 4.98 Å². The summed E-state index contributed by atoms with van der Waals surface area (Å²) in [5.41, 5.74) is 0.879. The molecule has 0 unspecified atom stereocenters. The predicted octanol–water partition coefficient (Wildman–Crippen LogP) is 1.81. The maximum Gasteiger partial charge on any atom is 0.128 e. The molecule has 3 nitrogen and oxygen atoms in total. The molecule has 0 spiro atoms. The minimum atomic E-state index is 0.0737. The van der Waals surface area contributed by atoms with Gasteiger partial charge in [-0.05, 0) is 30.4 Å². The highest BCUT2D eigenvalue weighted by molar-refractivity contribution is 5.39. The van der Waals surface area contributed by atoms with E-state index in [2.05, 4.69) is 16.8 Å². The number of aromatic nitrogens is 1.